The molecule has 0 aliphatic carbocycles. The highest BCUT2D eigenvalue weighted by molar-refractivity contribution is 14.0. The number of aryl methyl sites for hydroxylation is 3. The monoisotopic (exact) mass is 525 g/mol. The smallest absolute Gasteiger partial charge is 0.190 e. The second-order valence-electron chi connectivity index (χ2n) is 8.01. The Labute approximate surface area is 197 Å². The Kier molecular flexibility index (Phi) is 9.61. The summed E-state index contributed by atoms with van der Waals surface area (Å²) in [5.74, 6) is 1.28. The minimum Gasteiger partial charge on any atom is -0.373 e. The van der Waals surface area contributed by atoms with E-state index in [0.29, 0.717) is 5.92 Å². The number of aromatic nitrogens is 2. The lowest BCUT2D eigenvalue weighted by atomic mass is 9.89. The first kappa shape index (κ1) is 24.7. The Hall–Kier alpha value is -1.61. The molecule has 0 saturated carbocycles. The highest BCUT2D eigenvalue weighted by Gasteiger charge is 2.27. The van der Waals surface area contributed by atoms with Gasteiger partial charge in [0.05, 0.1) is 11.8 Å². The van der Waals surface area contributed by atoms with E-state index in [1.807, 2.05) is 18.8 Å². The van der Waals surface area contributed by atoms with Gasteiger partial charge in [0, 0.05) is 45.4 Å². The van der Waals surface area contributed by atoms with Crippen LogP contribution in [0.3, 0.4) is 0 Å². The Morgan fingerprint density at radius 1 is 1.20 bits per heavy atom. The van der Waals surface area contributed by atoms with Gasteiger partial charge >= 0.3 is 0 Å². The maximum Gasteiger partial charge on any atom is 0.190 e. The first-order valence-electron chi connectivity index (χ1n) is 10.6. The van der Waals surface area contributed by atoms with Crippen molar-refractivity contribution < 1.29 is 4.74 Å². The van der Waals surface area contributed by atoms with Crippen molar-refractivity contribution in [3.63, 3.8) is 0 Å². The highest BCUT2D eigenvalue weighted by Crippen LogP contribution is 2.33. The van der Waals surface area contributed by atoms with Crippen LogP contribution in [0, 0.1) is 26.7 Å². The minimum atomic E-state index is 0. The second kappa shape index (κ2) is 11.7. The van der Waals surface area contributed by atoms with E-state index in [0.717, 1.165) is 50.6 Å². The maximum absolute atomic E-state index is 6.14. The number of rotatable bonds is 6. The Bertz CT molecular complexity index is 831. The number of ether oxygens (including phenoxy) is 1. The van der Waals surface area contributed by atoms with Crippen LogP contribution in [0.15, 0.2) is 29.3 Å². The molecule has 2 aromatic rings. The molecule has 7 heteroatoms. The van der Waals surface area contributed by atoms with Crippen LogP contribution in [0.5, 0.6) is 0 Å². The molecule has 0 spiro atoms. The Morgan fingerprint density at radius 2 is 1.93 bits per heavy atom. The van der Waals surface area contributed by atoms with Crippen molar-refractivity contribution in [1.29, 1.82) is 0 Å². The Balaban J connectivity index is 0.00000320. The summed E-state index contributed by atoms with van der Waals surface area (Å²) < 4.78 is 8.09. The first-order valence-corrected chi connectivity index (χ1v) is 10.6. The van der Waals surface area contributed by atoms with Gasteiger partial charge in [-0.15, -0.1) is 24.0 Å². The van der Waals surface area contributed by atoms with Gasteiger partial charge in [-0.05, 0) is 51.2 Å². The molecule has 2 unspecified atom stereocenters. The number of hydrogen-bond donors (Lipinski definition) is 2. The van der Waals surface area contributed by atoms with Crippen LogP contribution in [-0.4, -0.2) is 42.5 Å². The SMILES string of the molecule is CN=C(NCCc1c(C)nn(C)c1C)NCC1CCCOC1c1ccc(C)cc1.I. The fraction of sp³-hybridized carbons (Fsp3) is 0.565. The van der Waals surface area contributed by atoms with E-state index in [1.165, 1.54) is 22.4 Å². The summed E-state index contributed by atoms with van der Waals surface area (Å²) in [6, 6.07) is 8.73. The van der Waals surface area contributed by atoms with E-state index in [2.05, 4.69) is 65.8 Å². The lowest BCUT2D eigenvalue weighted by Gasteiger charge is -2.32. The predicted octanol–water partition coefficient (Wildman–Crippen LogP) is 3.84. The van der Waals surface area contributed by atoms with Gasteiger partial charge in [0.1, 0.15) is 0 Å². The van der Waals surface area contributed by atoms with Crippen LogP contribution in [0.25, 0.3) is 0 Å². The molecule has 30 heavy (non-hydrogen) atoms. The summed E-state index contributed by atoms with van der Waals surface area (Å²) in [5, 5.41) is 11.5. The number of halogens is 1. The van der Waals surface area contributed by atoms with Gasteiger partial charge < -0.3 is 15.4 Å². The highest BCUT2D eigenvalue weighted by atomic mass is 127. The van der Waals surface area contributed by atoms with E-state index in [9.17, 15) is 0 Å². The van der Waals surface area contributed by atoms with Crippen molar-refractivity contribution in [3.05, 3.63) is 52.3 Å². The van der Waals surface area contributed by atoms with Gasteiger partial charge in [0.2, 0.25) is 0 Å². The zero-order valence-electron chi connectivity index (χ0n) is 18.9. The molecule has 1 aliphatic heterocycles. The fourth-order valence-corrected chi connectivity index (χ4v) is 4.11. The van der Waals surface area contributed by atoms with Crippen molar-refractivity contribution in [3.8, 4) is 0 Å². The van der Waals surface area contributed by atoms with Crippen LogP contribution < -0.4 is 10.6 Å². The molecule has 1 aromatic heterocycles. The van der Waals surface area contributed by atoms with E-state index < -0.39 is 0 Å². The molecule has 1 aliphatic rings. The number of hydrogen-bond acceptors (Lipinski definition) is 3. The van der Waals surface area contributed by atoms with Crippen LogP contribution in [0.4, 0.5) is 0 Å². The third-order valence-corrected chi connectivity index (χ3v) is 5.93. The van der Waals surface area contributed by atoms with E-state index in [1.54, 1.807) is 0 Å². The van der Waals surface area contributed by atoms with Crippen LogP contribution in [0.2, 0.25) is 0 Å². The normalized spacial score (nSPS) is 19.3. The summed E-state index contributed by atoms with van der Waals surface area (Å²) in [6.07, 6.45) is 3.36. The molecule has 1 saturated heterocycles. The van der Waals surface area contributed by atoms with Crippen LogP contribution >= 0.6 is 24.0 Å². The van der Waals surface area contributed by atoms with Crippen molar-refractivity contribution >= 4 is 29.9 Å². The van der Waals surface area contributed by atoms with Crippen molar-refractivity contribution in [2.45, 2.75) is 46.1 Å². The number of benzene rings is 1. The molecule has 0 amide bonds. The third-order valence-electron chi connectivity index (χ3n) is 5.93. The second-order valence-corrected chi connectivity index (χ2v) is 8.01. The molecule has 0 bridgehead atoms. The van der Waals surface area contributed by atoms with Gasteiger partial charge in [-0.2, -0.15) is 5.10 Å². The molecular weight excluding hydrogens is 489 g/mol. The zero-order valence-corrected chi connectivity index (χ0v) is 21.2. The zero-order chi connectivity index (χ0) is 20.8. The van der Waals surface area contributed by atoms with Crippen molar-refractivity contribution in [1.82, 2.24) is 20.4 Å². The number of guanidine groups is 1. The van der Waals surface area contributed by atoms with Gasteiger partial charge in [-0.1, -0.05) is 29.8 Å². The van der Waals surface area contributed by atoms with Gasteiger partial charge in [-0.3, -0.25) is 9.67 Å². The van der Waals surface area contributed by atoms with Crippen LogP contribution in [-0.2, 0) is 18.2 Å². The topological polar surface area (TPSA) is 63.5 Å². The maximum atomic E-state index is 6.14. The number of nitrogens with zero attached hydrogens (tertiary/aromatic N) is 3. The molecule has 1 fully saturated rings. The third kappa shape index (κ3) is 6.20. The van der Waals surface area contributed by atoms with Crippen molar-refractivity contribution in [2.24, 2.45) is 18.0 Å². The van der Waals surface area contributed by atoms with Crippen molar-refractivity contribution in [2.75, 3.05) is 26.7 Å². The average Bonchev–Trinajstić information content (AvgIpc) is 2.97. The van der Waals surface area contributed by atoms with Gasteiger partial charge in [0.25, 0.3) is 0 Å². The van der Waals surface area contributed by atoms with Crippen LogP contribution in [0.1, 0.15) is 47.0 Å². The lowest BCUT2D eigenvalue weighted by Crippen LogP contribution is -2.42. The fourth-order valence-electron chi connectivity index (χ4n) is 4.11. The number of nitrogens with one attached hydrogen (secondary N) is 2. The molecule has 2 heterocycles. The molecular formula is C23H36IN5O. The average molecular weight is 525 g/mol. The molecule has 2 N–H and O–H groups in total. The van der Waals surface area contributed by atoms with E-state index >= 15 is 0 Å². The minimum absolute atomic E-state index is 0. The first-order chi connectivity index (χ1) is 14.0. The largest absolute Gasteiger partial charge is 0.373 e. The van der Waals surface area contributed by atoms with Gasteiger partial charge in [0.15, 0.2) is 5.96 Å². The van der Waals surface area contributed by atoms with E-state index in [-0.39, 0.29) is 30.1 Å². The molecule has 2 atom stereocenters. The quantitative estimate of drug-likeness (QED) is 0.342. The number of aliphatic imine (C=N–C) groups is 1. The lowest BCUT2D eigenvalue weighted by molar-refractivity contribution is -0.0265. The molecule has 6 nitrogen and oxygen atoms in total. The summed E-state index contributed by atoms with van der Waals surface area (Å²) in [4.78, 5) is 4.40. The molecule has 0 radical (unpaired) electrons. The Morgan fingerprint density at radius 3 is 2.57 bits per heavy atom. The molecule has 1 aromatic carbocycles. The predicted molar refractivity (Wildman–Crippen MR) is 134 cm³/mol. The van der Waals surface area contributed by atoms with Gasteiger partial charge in [-0.25, -0.2) is 0 Å². The molecule has 3 rings (SSSR count). The summed E-state index contributed by atoms with van der Waals surface area (Å²) in [7, 11) is 3.82. The van der Waals surface area contributed by atoms with E-state index in [4.69, 9.17) is 4.74 Å². The molecule has 166 valence electrons. The summed E-state index contributed by atoms with van der Waals surface area (Å²) >= 11 is 0. The summed E-state index contributed by atoms with van der Waals surface area (Å²) in [5.41, 5.74) is 6.20. The standard InChI is InChI=1S/C23H35N5O.HI/c1-16-8-10-19(11-9-16)22-20(7-6-14-29-22)15-26-23(24-4)25-13-12-21-17(2)27-28(5)18(21)3;/h8-11,20,22H,6-7,12-15H2,1-5H3,(H2,24,25,26);1H. The summed E-state index contributed by atoms with van der Waals surface area (Å²) in [6.45, 7) is 8.83.